The van der Waals surface area contributed by atoms with Gasteiger partial charge in [-0.1, -0.05) is 96.5 Å². The van der Waals surface area contributed by atoms with E-state index in [1.54, 1.807) is 6.20 Å². The first-order chi connectivity index (χ1) is 21.5. The summed E-state index contributed by atoms with van der Waals surface area (Å²) in [5, 5.41) is 8.81. The van der Waals surface area contributed by atoms with Gasteiger partial charge >= 0.3 is 45.8 Å². The smallest absolute Gasteiger partial charge is 0 e. The van der Waals surface area contributed by atoms with E-state index in [1.165, 1.54) is 77.0 Å². The molecule has 1 atom stereocenters. The fourth-order valence-corrected chi connectivity index (χ4v) is 5.08. The molecule has 0 bridgehead atoms. The maximum Gasteiger partial charge on any atom is 0 e. The van der Waals surface area contributed by atoms with Crippen LogP contribution in [0.5, 0.6) is 0 Å². The molecule has 1 unspecified atom stereocenters. The molecule has 0 fully saturated rings. The van der Waals surface area contributed by atoms with Crippen LogP contribution >= 0.6 is 12.6 Å². The van der Waals surface area contributed by atoms with Crippen LogP contribution in [0.2, 0.25) is 0 Å². The number of unbranched alkanes of at least 4 members (excludes halogenated alkanes) is 10. The van der Waals surface area contributed by atoms with Gasteiger partial charge in [-0.2, -0.15) is 12.6 Å². The van der Waals surface area contributed by atoms with E-state index in [-0.39, 0.29) is 39.4 Å². The number of hydrogen-bond donors (Lipinski definition) is 2. The number of pyridine rings is 1. The van der Waals surface area contributed by atoms with E-state index < -0.39 is 5.97 Å². The van der Waals surface area contributed by atoms with Crippen molar-refractivity contribution < 1.29 is 53.8 Å². The van der Waals surface area contributed by atoms with Crippen molar-refractivity contribution in [1.82, 2.24) is 9.88 Å². The number of rotatable bonds is 26. The second-order valence-corrected chi connectivity index (χ2v) is 11.0. The van der Waals surface area contributed by atoms with E-state index in [0.29, 0.717) is 18.9 Å². The Balaban J connectivity index is -0.00000113. The van der Waals surface area contributed by atoms with Crippen LogP contribution in [0.1, 0.15) is 122 Å². The number of carboxylic acids is 1. The summed E-state index contributed by atoms with van der Waals surface area (Å²) in [4.78, 5) is 29.6. The quantitative estimate of drug-likeness (QED) is 0.0325. The summed E-state index contributed by atoms with van der Waals surface area (Å²) in [6, 6.07) is 5.90. The van der Waals surface area contributed by atoms with Crippen LogP contribution in [-0.4, -0.2) is 52.4 Å². The molecule has 11 heteroatoms. The largest absolute Gasteiger partial charge is 0 e. The molecule has 1 rings (SSSR count). The normalized spacial score (nSPS) is 10.3. The summed E-state index contributed by atoms with van der Waals surface area (Å²) in [6.45, 7) is 17.9. The fourth-order valence-electron chi connectivity index (χ4n) is 4.99. The van der Waals surface area contributed by atoms with Crippen LogP contribution in [0.25, 0.3) is 0 Å². The summed E-state index contributed by atoms with van der Waals surface area (Å²) in [7, 11) is 0. The van der Waals surface area contributed by atoms with Gasteiger partial charge in [-0.25, -0.2) is 0 Å². The molecule has 1 N–H and O–H groups in total. The van der Waals surface area contributed by atoms with Gasteiger partial charge in [0.15, 0.2) is 0 Å². The zero-order valence-corrected chi connectivity index (χ0v) is 30.7. The standard InChI is InChI=1S/C31H54N2O4S.3CO.Re/c1-2-3-4-5-6-8-11-17-28(18-12-9-7-10-13-21-30(34)35)19-16-23-33(27-31(36)37-24-25-38)26-29-20-14-15-22-32-29;3*1-2;/h14-15,20,22,28,38H,2-13,16-19,21,23-27H2,1H3,(H,34,35);;;;. The number of thiol groups is 1. The molecule has 255 valence electrons. The van der Waals surface area contributed by atoms with Gasteiger partial charge in [0.05, 0.1) is 12.2 Å². The first-order valence-electron chi connectivity index (χ1n) is 15.8. The number of esters is 1. The number of carbonyl (C=O) groups excluding carboxylic acids is 1. The van der Waals surface area contributed by atoms with Gasteiger partial charge in [0, 0.05) is 45.3 Å². The summed E-state index contributed by atoms with van der Waals surface area (Å²) < 4.78 is 27.8. The molecule has 0 aliphatic heterocycles. The molecule has 0 saturated carbocycles. The molecule has 1 radical (unpaired) electrons. The zero-order valence-electron chi connectivity index (χ0n) is 27.1. The van der Waals surface area contributed by atoms with Gasteiger partial charge in [-0.05, 0) is 43.9 Å². The number of carbonyl (C=O) groups is 2. The topological polar surface area (TPSA) is 139 Å². The van der Waals surface area contributed by atoms with Gasteiger partial charge in [0.25, 0.3) is 0 Å². The number of ether oxygens (including phenoxy) is 1. The van der Waals surface area contributed by atoms with E-state index in [1.807, 2.05) is 18.2 Å². The van der Waals surface area contributed by atoms with Crippen LogP contribution in [0.15, 0.2) is 24.4 Å². The molecule has 0 saturated heterocycles. The third kappa shape index (κ3) is 36.6. The van der Waals surface area contributed by atoms with Crippen LogP contribution < -0.4 is 0 Å². The number of aromatic nitrogens is 1. The fraction of sp³-hybridized carbons (Fsp3) is 0.706. The van der Waals surface area contributed by atoms with Gasteiger partial charge in [0.2, 0.25) is 0 Å². The third-order valence-corrected chi connectivity index (χ3v) is 7.31. The van der Waals surface area contributed by atoms with Gasteiger partial charge in [-0.15, -0.1) is 0 Å². The Hall–Kier alpha value is -1.72. The predicted molar refractivity (Wildman–Crippen MR) is 171 cm³/mol. The van der Waals surface area contributed by atoms with Crippen molar-refractivity contribution in [2.45, 2.75) is 123 Å². The summed E-state index contributed by atoms with van der Waals surface area (Å²) >= 11 is 4.14. The van der Waals surface area contributed by atoms with E-state index in [0.717, 1.165) is 43.8 Å². The maximum atomic E-state index is 12.3. The van der Waals surface area contributed by atoms with Gasteiger partial charge < -0.3 is 9.84 Å². The van der Waals surface area contributed by atoms with Gasteiger partial charge in [-0.3, -0.25) is 19.5 Å². The molecule has 1 aromatic rings. The Kier molecular flexibility index (Phi) is 47.1. The number of carboxylic acid groups (broad SMARTS) is 1. The van der Waals surface area contributed by atoms with E-state index in [9.17, 15) is 9.59 Å². The molecular weight excluding hydrogens is 767 g/mol. The molecule has 0 amide bonds. The Morgan fingerprint density at radius 3 is 1.91 bits per heavy atom. The second kappa shape index (κ2) is 42.3. The van der Waals surface area contributed by atoms with E-state index in [4.69, 9.17) is 23.8 Å². The molecule has 0 aromatic carbocycles. The minimum absolute atomic E-state index is 0. The Morgan fingerprint density at radius 2 is 1.40 bits per heavy atom. The van der Waals surface area contributed by atoms with E-state index in [2.05, 4.69) is 49.4 Å². The first-order valence-corrected chi connectivity index (χ1v) is 16.4. The minimum atomic E-state index is -0.688. The van der Waals surface area contributed by atoms with Crippen molar-refractivity contribution in [2.75, 3.05) is 25.4 Å². The average molecular weight is 821 g/mol. The van der Waals surface area contributed by atoms with E-state index >= 15 is 0 Å². The molecule has 9 nitrogen and oxygen atoms in total. The Bertz CT molecular complexity index is 827. The minimum Gasteiger partial charge on any atom is 0 e. The summed E-state index contributed by atoms with van der Waals surface area (Å²) in [6.07, 6.45) is 21.6. The van der Waals surface area contributed by atoms with Crippen LogP contribution in [0.4, 0.5) is 0 Å². The van der Waals surface area contributed by atoms with Crippen molar-refractivity contribution in [3.05, 3.63) is 50.0 Å². The maximum absolute atomic E-state index is 12.3. The Labute approximate surface area is 291 Å². The van der Waals surface area contributed by atoms with Gasteiger partial charge in [0.1, 0.15) is 6.61 Å². The molecular formula is C34H54N2O7ReS. The van der Waals surface area contributed by atoms with Crippen molar-refractivity contribution in [3.63, 3.8) is 0 Å². The van der Waals surface area contributed by atoms with Crippen molar-refractivity contribution >= 4 is 24.6 Å². The monoisotopic (exact) mass is 821 g/mol. The number of hydrogen-bond acceptors (Lipinski definition) is 6. The second-order valence-electron chi connectivity index (χ2n) is 10.6. The van der Waals surface area contributed by atoms with Crippen LogP contribution in [-0.2, 0) is 55.3 Å². The van der Waals surface area contributed by atoms with Crippen LogP contribution in [0, 0.1) is 25.9 Å². The molecule has 0 spiro atoms. The van der Waals surface area contributed by atoms with Crippen molar-refractivity contribution in [3.8, 4) is 0 Å². The first kappa shape index (κ1) is 50.1. The van der Waals surface area contributed by atoms with Crippen molar-refractivity contribution in [1.29, 1.82) is 0 Å². The molecule has 1 heterocycles. The predicted octanol–water partition coefficient (Wildman–Crippen LogP) is 7.59. The zero-order chi connectivity index (χ0) is 33.7. The SMILES string of the molecule is CCCCCCCCCC(CCCCCCCC(=O)O)CCCN(CC(=O)OCCS)Cc1ccccn1.[C-]#[O+].[C-]#[O+].[C-]#[O+].[Re]. The molecule has 0 aliphatic rings. The van der Waals surface area contributed by atoms with Crippen molar-refractivity contribution in [2.24, 2.45) is 5.92 Å². The number of aliphatic carboxylic acids is 1. The number of nitrogens with zero attached hydrogens (tertiary/aromatic N) is 2. The molecule has 1 aromatic heterocycles. The average Bonchev–Trinajstić information content (AvgIpc) is 3.05. The third-order valence-electron chi connectivity index (χ3n) is 7.12. The summed E-state index contributed by atoms with van der Waals surface area (Å²) in [5.41, 5.74) is 0.969. The summed E-state index contributed by atoms with van der Waals surface area (Å²) in [5.74, 6) is 0.369. The molecule has 0 aliphatic carbocycles. The molecule has 45 heavy (non-hydrogen) atoms. The Morgan fingerprint density at radius 1 is 0.867 bits per heavy atom. The van der Waals surface area contributed by atoms with Crippen LogP contribution in [0.3, 0.4) is 0 Å².